The highest BCUT2D eigenvalue weighted by Gasteiger charge is 2.06. The Balaban J connectivity index is 1.70. The molecule has 3 N–H and O–H groups in total. The summed E-state index contributed by atoms with van der Waals surface area (Å²) in [6.45, 7) is 2.63. The van der Waals surface area contributed by atoms with Crippen molar-refractivity contribution in [3.05, 3.63) is 71.3 Å². The van der Waals surface area contributed by atoms with Crippen LogP contribution in [0.15, 0.2) is 54.6 Å². The van der Waals surface area contributed by atoms with Crippen molar-refractivity contribution >= 4 is 17.7 Å². The van der Waals surface area contributed by atoms with Crippen LogP contribution in [0.2, 0.25) is 0 Å². The van der Waals surface area contributed by atoms with Crippen molar-refractivity contribution in [3.63, 3.8) is 0 Å². The Morgan fingerprint density at radius 2 is 1.44 bits per heavy atom. The number of aryl methyl sites for hydroxylation is 1. The summed E-state index contributed by atoms with van der Waals surface area (Å²) in [6.07, 6.45) is 1.16. The van der Waals surface area contributed by atoms with Gasteiger partial charge in [-0.15, -0.1) is 0 Å². The van der Waals surface area contributed by atoms with Gasteiger partial charge in [0.05, 0.1) is 0 Å². The first-order valence-corrected chi connectivity index (χ1v) is 8.97. The van der Waals surface area contributed by atoms with Crippen LogP contribution in [0, 0.1) is 0 Å². The van der Waals surface area contributed by atoms with Crippen molar-refractivity contribution in [2.75, 3.05) is 13.1 Å². The minimum Gasteiger partial charge on any atom is -0.355 e. The monoisotopic (exact) mass is 367 g/mol. The molecule has 27 heavy (non-hydrogen) atoms. The van der Waals surface area contributed by atoms with Crippen LogP contribution in [0.4, 0.5) is 0 Å². The summed E-state index contributed by atoms with van der Waals surface area (Å²) in [6, 6.07) is 17.0. The Labute approximate surface area is 159 Å². The van der Waals surface area contributed by atoms with Crippen LogP contribution >= 0.6 is 0 Å². The normalized spacial score (nSPS) is 10.1. The van der Waals surface area contributed by atoms with Gasteiger partial charge >= 0.3 is 0 Å². The number of carbonyl (C=O) groups is 3. The second-order valence-corrected chi connectivity index (χ2v) is 6.20. The van der Waals surface area contributed by atoms with Crippen molar-refractivity contribution in [3.8, 4) is 0 Å². The van der Waals surface area contributed by atoms with Gasteiger partial charge in [-0.3, -0.25) is 14.4 Å². The lowest BCUT2D eigenvalue weighted by Crippen LogP contribution is -2.33. The molecule has 2 rings (SSSR count). The topological polar surface area (TPSA) is 87.3 Å². The number of hydrogen-bond acceptors (Lipinski definition) is 3. The Hall–Kier alpha value is -3.15. The maximum Gasteiger partial charge on any atom is 0.251 e. The van der Waals surface area contributed by atoms with E-state index in [1.165, 1.54) is 6.92 Å². The molecule has 142 valence electrons. The second kappa shape index (κ2) is 10.8. The van der Waals surface area contributed by atoms with Gasteiger partial charge in [0.25, 0.3) is 5.91 Å². The number of hydrogen-bond donors (Lipinski definition) is 3. The molecule has 0 bridgehead atoms. The summed E-state index contributed by atoms with van der Waals surface area (Å²) in [7, 11) is 0. The van der Waals surface area contributed by atoms with E-state index < -0.39 is 0 Å². The predicted molar refractivity (Wildman–Crippen MR) is 104 cm³/mol. The first kappa shape index (κ1) is 20.2. The Morgan fingerprint density at radius 3 is 2.11 bits per heavy atom. The molecule has 2 aromatic carbocycles. The Morgan fingerprint density at radius 1 is 0.778 bits per heavy atom. The predicted octanol–water partition coefficient (Wildman–Crippen LogP) is 1.80. The third kappa shape index (κ3) is 7.73. The second-order valence-electron chi connectivity index (χ2n) is 6.20. The van der Waals surface area contributed by atoms with Gasteiger partial charge in [-0.05, 0) is 29.7 Å². The highest BCUT2D eigenvalue weighted by atomic mass is 16.2. The smallest absolute Gasteiger partial charge is 0.251 e. The summed E-state index contributed by atoms with van der Waals surface area (Å²) in [5, 5.41) is 8.24. The van der Waals surface area contributed by atoms with Crippen molar-refractivity contribution in [1.29, 1.82) is 0 Å². The lowest BCUT2D eigenvalue weighted by atomic mass is 10.1. The number of rotatable bonds is 9. The van der Waals surface area contributed by atoms with E-state index in [0.717, 1.165) is 11.1 Å². The summed E-state index contributed by atoms with van der Waals surface area (Å²) in [5.74, 6) is -0.322. The molecule has 0 aliphatic heterocycles. The van der Waals surface area contributed by atoms with E-state index in [4.69, 9.17) is 0 Å². The van der Waals surface area contributed by atoms with E-state index in [2.05, 4.69) is 16.0 Å². The zero-order valence-electron chi connectivity index (χ0n) is 15.5. The molecule has 0 aliphatic carbocycles. The molecule has 0 saturated carbocycles. The highest BCUT2D eigenvalue weighted by Crippen LogP contribution is 2.05. The maximum absolute atomic E-state index is 12.0. The molecule has 0 aliphatic rings. The molecule has 0 aromatic heterocycles. The summed E-state index contributed by atoms with van der Waals surface area (Å²) in [4.78, 5) is 34.7. The van der Waals surface area contributed by atoms with Gasteiger partial charge in [-0.1, -0.05) is 42.5 Å². The van der Waals surface area contributed by atoms with Crippen molar-refractivity contribution in [2.24, 2.45) is 0 Å². The maximum atomic E-state index is 12.0. The lowest BCUT2D eigenvalue weighted by Gasteiger charge is -2.08. The van der Waals surface area contributed by atoms with Crippen LogP contribution in [0.3, 0.4) is 0 Å². The SMILES string of the molecule is CC(=O)NCCNC(=O)c1ccc(CNC(=O)CCc2ccccc2)cc1. The van der Waals surface area contributed by atoms with Crippen molar-refractivity contribution in [2.45, 2.75) is 26.3 Å². The molecule has 2 aromatic rings. The molecular formula is C21H25N3O3. The van der Waals surface area contributed by atoms with Crippen LogP contribution < -0.4 is 16.0 Å². The molecular weight excluding hydrogens is 342 g/mol. The fourth-order valence-electron chi connectivity index (χ4n) is 2.48. The van der Waals surface area contributed by atoms with Gasteiger partial charge in [-0.2, -0.15) is 0 Å². The quantitative estimate of drug-likeness (QED) is 0.591. The van der Waals surface area contributed by atoms with Gasteiger partial charge in [-0.25, -0.2) is 0 Å². The van der Waals surface area contributed by atoms with Crippen LogP contribution in [0.1, 0.15) is 34.8 Å². The van der Waals surface area contributed by atoms with Gasteiger partial charge in [0.2, 0.25) is 11.8 Å². The van der Waals surface area contributed by atoms with Crippen LogP contribution in [0.5, 0.6) is 0 Å². The molecule has 0 radical (unpaired) electrons. The average Bonchev–Trinajstić information content (AvgIpc) is 2.69. The van der Waals surface area contributed by atoms with Crippen LogP contribution in [0.25, 0.3) is 0 Å². The summed E-state index contributed by atoms with van der Waals surface area (Å²) < 4.78 is 0. The van der Waals surface area contributed by atoms with E-state index in [9.17, 15) is 14.4 Å². The van der Waals surface area contributed by atoms with Crippen LogP contribution in [-0.2, 0) is 22.6 Å². The standard InChI is InChI=1S/C21H25N3O3/c1-16(25)22-13-14-23-21(27)19-10-7-18(8-11-19)15-24-20(26)12-9-17-5-3-2-4-6-17/h2-8,10-11H,9,12-15H2,1H3,(H,22,25)(H,23,27)(H,24,26). The van der Waals surface area contributed by atoms with Crippen molar-refractivity contribution < 1.29 is 14.4 Å². The van der Waals surface area contributed by atoms with E-state index in [0.29, 0.717) is 38.0 Å². The fraction of sp³-hybridized carbons (Fsp3) is 0.286. The van der Waals surface area contributed by atoms with E-state index in [-0.39, 0.29) is 17.7 Å². The van der Waals surface area contributed by atoms with Crippen molar-refractivity contribution in [1.82, 2.24) is 16.0 Å². The number of nitrogens with one attached hydrogen (secondary N) is 3. The molecule has 6 heteroatoms. The van der Waals surface area contributed by atoms with Gasteiger partial charge in [0.1, 0.15) is 0 Å². The average molecular weight is 367 g/mol. The number of benzene rings is 2. The number of carbonyl (C=O) groups excluding carboxylic acids is 3. The van der Waals surface area contributed by atoms with Gasteiger partial charge in [0, 0.05) is 38.5 Å². The minimum absolute atomic E-state index is 0.00126. The molecule has 3 amide bonds. The van der Waals surface area contributed by atoms with Crippen LogP contribution in [-0.4, -0.2) is 30.8 Å². The Bertz CT molecular complexity index is 758. The highest BCUT2D eigenvalue weighted by molar-refractivity contribution is 5.94. The third-order valence-corrected chi connectivity index (χ3v) is 3.97. The molecule has 0 heterocycles. The zero-order valence-corrected chi connectivity index (χ0v) is 15.5. The fourth-order valence-corrected chi connectivity index (χ4v) is 2.48. The minimum atomic E-state index is -0.196. The summed E-state index contributed by atoms with van der Waals surface area (Å²) in [5.41, 5.74) is 2.61. The number of amides is 3. The molecule has 0 unspecified atom stereocenters. The largest absolute Gasteiger partial charge is 0.355 e. The molecule has 0 saturated heterocycles. The zero-order chi connectivity index (χ0) is 19.5. The van der Waals surface area contributed by atoms with Gasteiger partial charge < -0.3 is 16.0 Å². The van der Waals surface area contributed by atoms with E-state index in [1.807, 2.05) is 42.5 Å². The van der Waals surface area contributed by atoms with E-state index in [1.54, 1.807) is 12.1 Å². The first-order valence-electron chi connectivity index (χ1n) is 8.97. The Kier molecular flexibility index (Phi) is 8.03. The lowest BCUT2D eigenvalue weighted by molar-refractivity contribution is -0.121. The molecule has 6 nitrogen and oxygen atoms in total. The summed E-state index contributed by atoms with van der Waals surface area (Å²) >= 11 is 0. The molecule has 0 atom stereocenters. The first-order chi connectivity index (χ1) is 13.0. The third-order valence-electron chi connectivity index (χ3n) is 3.97. The van der Waals surface area contributed by atoms with Gasteiger partial charge in [0.15, 0.2) is 0 Å². The molecule has 0 spiro atoms. The molecule has 0 fully saturated rings. The van der Waals surface area contributed by atoms with E-state index >= 15 is 0 Å².